The third kappa shape index (κ3) is 3.01. The van der Waals surface area contributed by atoms with Crippen LogP contribution in [0.15, 0.2) is 30.3 Å². The summed E-state index contributed by atoms with van der Waals surface area (Å²) in [6.07, 6.45) is 0.633. The molecule has 3 aromatic rings. The van der Waals surface area contributed by atoms with E-state index in [1.54, 1.807) is 28.4 Å². The average Bonchev–Trinajstić information content (AvgIpc) is 3.03. The fourth-order valence-electron chi connectivity index (χ4n) is 3.00. The van der Waals surface area contributed by atoms with Crippen molar-refractivity contribution < 1.29 is 18.9 Å². The van der Waals surface area contributed by atoms with Gasteiger partial charge in [0.05, 0.1) is 45.2 Å². The number of nitrogens with zero attached hydrogens (tertiary/aromatic N) is 2. The number of hydrogen-bond acceptors (Lipinski definition) is 6. The monoisotopic (exact) mass is 357 g/mol. The normalized spacial score (nSPS) is 10.8. The van der Waals surface area contributed by atoms with Gasteiger partial charge >= 0.3 is 0 Å². The van der Waals surface area contributed by atoms with Crippen molar-refractivity contribution in [1.82, 2.24) is 9.55 Å². The van der Waals surface area contributed by atoms with Crippen LogP contribution in [0.3, 0.4) is 0 Å². The van der Waals surface area contributed by atoms with Crippen molar-refractivity contribution in [3.8, 4) is 28.7 Å². The Morgan fingerprint density at radius 3 is 2.08 bits per heavy atom. The zero-order chi connectivity index (χ0) is 18.7. The highest BCUT2D eigenvalue weighted by atomic mass is 16.5. The van der Waals surface area contributed by atoms with Crippen molar-refractivity contribution in [3.63, 3.8) is 0 Å². The number of ether oxygens (including phenoxy) is 4. The van der Waals surface area contributed by atoms with Crippen LogP contribution < -0.4 is 24.7 Å². The van der Waals surface area contributed by atoms with Crippen molar-refractivity contribution in [2.75, 3.05) is 35.0 Å². The molecule has 0 radical (unpaired) electrons. The van der Waals surface area contributed by atoms with Crippen LogP contribution in [0.1, 0.15) is 5.82 Å². The lowest BCUT2D eigenvalue weighted by Crippen LogP contribution is -2.09. The maximum absolute atomic E-state index is 5.80. The summed E-state index contributed by atoms with van der Waals surface area (Å²) in [5.74, 6) is 3.44. The van der Waals surface area contributed by atoms with Crippen LogP contribution in [0.25, 0.3) is 16.7 Å². The van der Waals surface area contributed by atoms with Crippen LogP contribution >= 0.6 is 0 Å². The summed E-state index contributed by atoms with van der Waals surface area (Å²) >= 11 is 0. The van der Waals surface area contributed by atoms with Crippen LogP contribution in [0, 0.1) is 0 Å². The Kier molecular flexibility index (Phi) is 5.18. The van der Waals surface area contributed by atoms with Gasteiger partial charge in [-0.2, -0.15) is 0 Å². The van der Waals surface area contributed by atoms with Gasteiger partial charge in [-0.25, -0.2) is 4.98 Å². The molecule has 0 saturated heterocycles. The van der Waals surface area contributed by atoms with Crippen molar-refractivity contribution in [2.24, 2.45) is 5.73 Å². The molecule has 0 spiro atoms. The molecule has 0 saturated carbocycles. The second-order valence-corrected chi connectivity index (χ2v) is 5.64. The van der Waals surface area contributed by atoms with Gasteiger partial charge in [0.1, 0.15) is 5.82 Å². The Labute approximate surface area is 152 Å². The van der Waals surface area contributed by atoms with E-state index >= 15 is 0 Å². The molecule has 0 aliphatic carbocycles. The van der Waals surface area contributed by atoms with Gasteiger partial charge in [-0.3, -0.25) is 4.57 Å². The molecule has 0 unspecified atom stereocenters. The lowest BCUT2D eigenvalue weighted by Gasteiger charge is -2.13. The summed E-state index contributed by atoms with van der Waals surface area (Å²) in [5.41, 5.74) is 8.41. The summed E-state index contributed by atoms with van der Waals surface area (Å²) in [7, 11) is 6.45. The van der Waals surface area contributed by atoms with Gasteiger partial charge < -0.3 is 24.7 Å². The molecule has 0 aliphatic rings. The van der Waals surface area contributed by atoms with E-state index in [2.05, 4.69) is 0 Å². The summed E-state index contributed by atoms with van der Waals surface area (Å²) in [6, 6.07) is 9.52. The Morgan fingerprint density at radius 1 is 0.846 bits per heavy atom. The first-order valence-corrected chi connectivity index (χ1v) is 8.22. The van der Waals surface area contributed by atoms with E-state index in [4.69, 9.17) is 29.7 Å². The highest BCUT2D eigenvalue weighted by Crippen LogP contribution is 2.35. The van der Waals surface area contributed by atoms with Crippen LogP contribution in [0.2, 0.25) is 0 Å². The molecule has 2 aromatic carbocycles. The molecule has 0 aliphatic heterocycles. The van der Waals surface area contributed by atoms with Gasteiger partial charge in [0, 0.05) is 24.6 Å². The molecule has 7 nitrogen and oxygen atoms in total. The standard InChI is InChI=1S/C19H23N3O4/c1-23-15-6-5-12(9-16(15)24-2)22-14-11-18(26-4)17(25-3)10-13(14)21-19(22)7-8-20/h5-6,9-11H,7-8,20H2,1-4H3. The average molecular weight is 357 g/mol. The number of fused-ring (bicyclic) bond motifs is 1. The number of nitrogens with two attached hydrogens (primary N) is 1. The lowest BCUT2D eigenvalue weighted by atomic mass is 10.2. The van der Waals surface area contributed by atoms with Gasteiger partial charge in [-0.15, -0.1) is 0 Å². The lowest BCUT2D eigenvalue weighted by molar-refractivity contribution is 0.355. The van der Waals surface area contributed by atoms with E-state index in [-0.39, 0.29) is 0 Å². The maximum Gasteiger partial charge on any atom is 0.163 e. The van der Waals surface area contributed by atoms with Gasteiger partial charge in [-0.1, -0.05) is 0 Å². The van der Waals surface area contributed by atoms with E-state index in [1.165, 1.54) is 0 Å². The molecule has 1 heterocycles. The van der Waals surface area contributed by atoms with Gasteiger partial charge in [0.15, 0.2) is 23.0 Å². The molecular weight excluding hydrogens is 334 g/mol. The van der Waals surface area contributed by atoms with Crippen LogP contribution in [0.4, 0.5) is 0 Å². The van der Waals surface area contributed by atoms with E-state index in [0.717, 1.165) is 22.5 Å². The SMILES string of the molecule is COc1ccc(-n2c(CCN)nc3cc(OC)c(OC)cc32)cc1OC. The minimum Gasteiger partial charge on any atom is -0.493 e. The van der Waals surface area contributed by atoms with E-state index in [0.29, 0.717) is 36.0 Å². The number of methoxy groups -OCH3 is 4. The first-order chi connectivity index (χ1) is 12.7. The number of imidazole rings is 1. The highest BCUT2D eigenvalue weighted by molar-refractivity contribution is 5.82. The topological polar surface area (TPSA) is 80.8 Å². The molecule has 26 heavy (non-hydrogen) atoms. The minimum absolute atomic E-state index is 0.491. The molecule has 138 valence electrons. The second kappa shape index (κ2) is 7.53. The third-order valence-corrected chi connectivity index (χ3v) is 4.22. The minimum atomic E-state index is 0.491. The molecule has 1 aromatic heterocycles. The highest BCUT2D eigenvalue weighted by Gasteiger charge is 2.17. The first kappa shape index (κ1) is 17.9. The Morgan fingerprint density at radius 2 is 1.46 bits per heavy atom. The fraction of sp³-hybridized carbons (Fsp3) is 0.316. The predicted molar refractivity (Wildman–Crippen MR) is 100 cm³/mol. The van der Waals surface area contributed by atoms with Gasteiger partial charge in [0.25, 0.3) is 0 Å². The van der Waals surface area contributed by atoms with Gasteiger partial charge in [0.2, 0.25) is 0 Å². The molecule has 0 atom stereocenters. The molecule has 2 N–H and O–H groups in total. The second-order valence-electron chi connectivity index (χ2n) is 5.64. The van der Waals surface area contributed by atoms with Gasteiger partial charge in [-0.05, 0) is 18.7 Å². The summed E-state index contributed by atoms with van der Waals surface area (Å²) < 4.78 is 23.7. The number of rotatable bonds is 7. The molecule has 7 heteroatoms. The Bertz CT molecular complexity index is 921. The number of hydrogen-bond donors (Lipinski definition) is 1. The van der Waals surface area contributed by atoms with Crippen LogP contribution in [0.5, 0.6) is 23.0 Å². The molecule has 0 fully saturated rings. The Hall–Kier alpha value is -2.93. The Balaban J connectivity index is 2.27. The van der Waals surface area contributed by atoms with E-state index in [1.807, 2.05) is 34.9 Å². The zero-order valence-electron chi connectivity index (χ0n) is 15.4. The molecule has 0 amide bonds. The third-order valence-electron chi connectivity index (χ3n) is 4.22. The fourth-order valence-corrected chi connectivity index (χ4v) is 3.00. The number of aromatic nitrogens is 2. The molecule has 3 rings (SSSR count). The van der Waals surface area contributed by atoms with Crippen molar-refractivity contribution in [3.05, 3.63) is 36.2 Å². The maximum atomic E-state index is 5.80. The van der Waals surface area contributed by atoms with Crippen molar-refractivity contribution in [2.45, 2.75) is 6.42 Å². The van der Waals surface area contributed by atoms with Crippen LogP contribution in [-0.4, -0.2) is 44.5 Å². The molecule has 0 bridgehead atoms. The zero-order valence-corrected chi connectivity index (χ0v) is 15.4. The predicted octanol–water partition coefficient (Wildman–Crippen LogP) is 2.56. The van der Waals surface area contributed by atoms with Crippen LogP contribution in [-0.2, 0) is 6.42 Å². The smallest absolute Gasteiger partial charge is 0.163 e. The largest absolute Gasteiger partial charge is 0.493 e. The summed E-state index contributed by atoms with van der Waals surface area (Å²) in [4.78, 5) is 4.74. The van der Waals surface area contributed by atoms with E-state index in [9.17, 15) is 0 Å². The van der Waals surface area contributed by atoms with Crippen molar-refractivity contribution >= 4 is 11.0 Å². The summed E-state index contributed by atoms with van der Waals surface area (Å²) in [6.45, 7) is 0.491. The number of benzene rings is 2. The van der Waals surface area contributed by atoms with E-state index < -0.39 is 0 Å². The van der Waals surface area contributed by atoms with Crippen molar-refractivity contribution in [1.29, 1.82) is 0 Å². The summed E-state index contributed by atoms with van der Waals surface area (Å²) in [5, 5.41) is 0. The first-order valence-electron chi connectivity index (χ1n) is 8.22. The quantitative estimate of drug-likeness (QED) is 0.700. The molecular formula is C19H23N3O4.